The summed E-state index contributed by atoms with van der Waals surface area (Å²) < 4.78 is 32.9. The summed E-state index contributed by atoms with van der Waals surface area (Å²) >= 11 is 0. The quantitative estimate of drug-likeness (QED) is 0.576. The summed E-state index contributed by atoms with van der Waals surface area (Å²) in [5.41, 5.74) is 1.43. The van der Waals surface area contributed by atoms with Crippen molar-refractivity contribution in [2.45, 2.75) is 6.61 Å². The van der Waals surface area contributed by atoms with Crippen molar-refractivity contribution >= 4 is 10.8 Å². The van der Waals surface area contributed by atoms with Crippen LogP contribution >= 0.6 is 0 Å². The second-order valence-corrected chi connectivity index (χ2v) is 5.65. The molecule has 1 aromatic heterocycles. The summed E-state index contributed by atoms with van der Waals surface area (Å²) in [6.45, 7) is -0.409. The molecule has 4 aromatic rings. The van der Waals surface area contributed by atoms with Gasteiger partial charge in [0.25, 0.3) is 0 Å². The number of fused-ring (bicyclic) bond motifs is 1. The van der Waals surface area contributed by atoms with E-state index in [9.17, 15) is 13.9 Å². The summed E-state index contributed by atoms with van der Waals surface area (Å²) in [7, 11) is 0. The van der Waals surface area contributed by atoms with Gasteiger partial charge in [-0.1, -0.05) is 47.6 Å². The lowest BCUT2D eigenvalue weighted by molar-refractivity contribution is 0.281. The summed E-state index contributed by atoms with van der Waals surface area (Å²) in [4.78, 5) is 0. The van der Waals surface area contributed by atoms with Gasteiger partial charge in [-0.15, -0.1) is 0 Å². The molecule has 0 aliphatic rings. The van der Waals surface area contributed by atoms with Crippen molar-refractivity contribution in [2.75, 3.05) is 0 Å². The van der Waals surface area contributed by atoms with E-state index in [1.54, 1.807) is 0 Å². The van der Waals surface area contributed by atoms with Crippen molar-refractivity contribution in [3.63, 3.8) is 0 Å². The predicted octanol–water partition coefficient (Wildman–Crippen LogP) is 4.93. The molecule has 0 saturated carbocycles. The zero-order valence-corrected chi connectivity index (χ0v) is 13.0. The average Bonchev–Trinajstić information content (AvgIpc) is 3.06. The third-order valence-corrected chi connectivity index (χ3v) is 4.16. The average molecular weight is 337 g/mol. The molecule has 124 valence electrons. The first-order valence-electron chi connectivity index (χ1n) is 7.72. The number of aliphatic hydroxyl groups is 1. The fourth-order valence-electron chi connectivity index (χ4n) is 2.98. The number of nitrogens with zero attached hydrogens (tertiary/aromatic N) is 1. The van der Waals surface area contributed by atoms with Crippen LogP contribution in [-0.2, 0) is 6.61 Å². The van der Waals surface area contributed by atoms with Gasteiger partial charge in [0, 0.05) is 5.56 Å². The number of rotatable bonds is 3. The largest absolute Gasteiger partial charge is 0.391 e. The minimum absolute atomic E-state index is 0.0300. The Morgan fingerprint density at radius 1 is 0.920 bits per heavy atom. The molecule has 0 amide bonds. The van der Waals surface area contributed by atoms with Crippen LogP contribution in [0.2, 0.25) is 0 Å². The summed E-state index contributed by atoms with van der Waals surface area (Å²) in [6.07, 6.45) is 0. The number of hydrogen-bond donors (Lipinski definition) is 1. The normalized spacial score (nSPS) is 11.2. The van der Waals surface area contributed by atoms with E-state index in [1.165, 1.54) is 0 Å². The van der Waals surface area contributed by atoms with Crippen LogP contribution in [0.3, 0.4) is 0 Å². The van der Waals surface area contributed by atoms with E-state index in [0.29, 0.717) is 11.3 Å². The molecule has 0 unspecified atom stereocenters. The van der Waals surface area contributed by atoms with Crippen LogP contribution in [0.15, 0.2) is 65.2 Å². The van der Waals surface area contributed by atoms with E-state index in [0.717, 1.165) is 34.5 Å². The van der Waals surface area contributed by atoms with Gasteiger partial charge < -0.3 is 9.63 Å². The smallest absolute Gasteiger partial charge is 0.176 e. The van der Waals surface area contributed by atoms with Crippen molar-refractivity contribution in [3.8, 4) is 22.6 Å². The Balaban J connectivity index is 1.96. The fourth-order valence-corrected chi connectivity index (χ4v) is 2.98. The molecule has 0 bridgehead atoms. The third-order valence-electron chi connectivity index (χ3n) is 4.16. The van der Waals surface area contributed by atoms with Gasteiger partial charge in [-0.2, -0.15) is 0 Å². The van der Waals surface area contributed by atoms with Crippen LogP contribution in [0.5, 0.6) is 0 Å². The first-order valence-corrected chi connectivity index (χ1v) is 7.72. The molecule has 0 atom stereocenters. The highest BCUT2D eigenvalue weighted by atomic mass is 19.1. The number of benzene rings is 3. The van der Waals surface area contributed by atoms with Gasteiger partial charge in [0.2, 0.25) is 0 Å². The first-order chi connectivity index (χ1) is 12.2. The van der Waals surface area contributed by atoms with Gasteiger partial charge in [0.15, 0.2) is 5.76 Å². The van der Waals surface area contributed by atoms with Gasteiger partial charge in [-0.25, -0.2) is 8.78 Å². The van der Waals surface area contributed by atoms with Crippen LogP contribution in [0.25, 0.3) is 33.4 Å². The van der Waals surface area contributed by atoms with Crippen LogP contribution < -0.4 is 0 Å². The lowest BCUT2D eigenvalue weighted by Gasteiger charge is -2.06. The molecule has 3 aromatic carbocycles. The maximum Gasteiger partial charge on any atom is 0.176 e. The van der Waals surface area contributed by atoms with Crippen LogP contribution in [-0.4, -0.2) is 10.3 Å². The van der Waals surface area contributed by atoms with Crippen molar-refractivity contribution < 1.29 is 18.4 Å². The highest BCUT2D eigenvalue weighted by molar-refractivity contribution is 5.97. The first kappa shape index (κ1) is 15.5. The molecule has 5 heteroatoms. The van der Waals surface area contributed by atoms with Crippen molar-refractivity contribution in [1.29, 1.82) is 0 Å². The SMILES string of the molecule is OCc1c(-c2cccc3ccccc23)noc1-c1cc(F)ccc1F. The van der Waals surface area contributed by atoms with Crippen LogP contribution in [0.4, 0.5) is 8.78 Å². The lowest BCUT2D eigenvalue weighted by atomic mass is 9.98. The fraction of sp³-hybridized carbons (Fsp3) is 0.0500. The molecule has 0 aliphatic heterocycles. The Bertz CT molecular complexity index is 1070. The molecular weight excluding hydrogens is 324 g/mol. The highest BCUT2D eigenvalue weighted by Crippen LogP contribution is 2.36. The number of halogens is 2. The maximum absolute atomic E-state index is 14.1. The molecule has 0 saturated heterocycles. The second-order valence-electron chi connectivity index (χ2n) is 5.65. The summed E-state index contributed by atoms with van der Waals surface area (Å²) in [5, 5.41) is 15.8. The van der Waals surface area contributed by atoms with E-state index in [2.05, 4.69) is 5.16 Å². The van der Waals surface area contributed by atoms with Crippen molar-refractivity contribution in [2.24, 2.45) is 0 Å². The Hall–Kier alpha value is -3.05. The molecule has 0 fully saturated rings. The number of aliphatic hydroxyl groups excluding tert-OH is 1. The van der Waals surface area contributed by atoms with Gasteiger partial charge in [0.1, 0.15) is 17.3 Å². The van der Waals surface area contributed by atoms with Gasteiger partial charge >= 0.3 is 0 Å². The molecule has 1 heterocycles. The standard InChI is InChI=1S/C20H13F2NO2/c21-13-8-9-18(22)16(10-13)20-17(11-24)19(23-25-20)15-7-3-5-12-4-1-2-6-14(12)15/h1-10,24H,11H2. The molecule has 1 N–H and O–H groups in total. The Kier molecular flexibility index (Phi) is 3.78. The van der Waals surface area contributed by atoms with Crippen molar-refractivity contribution in [3.05, 3.63) is 77.9 Å². The number of hydrogen-bond acceptors (Lipinski definition) is 3. The molecule has 4 rings (SSSR count). The monoisotopic (exact) mass is 337 g/mol. The zero-order valence-electron chi connectivity index (χ0n) is 13.0. The molecule has 0 radical (unpaired) electrons. The minimum atomic E-state index is -0.642. The van der Waals surface area contributed by atoms with Gasteiger partial charge in [-0.3, -0.25) is 0 Å². The van der Waals surface area contributed by atoms with Gasteiger partial charge in [0.05, 0.1) is 17.7 Å². The molecular formula is C20H13F2NO2. The topological polar surface area (TPSA) is 46.3 Å². The molecule has 3 nitrogen and oxygen atoms in total. The maximum atomic E-state index is 14.1. The van der Waals surface area contributed by atoms with Crippen LogP contribution in [0, 0.1) is 11.6 Å². The third kappa shape index (κ3) is 2.58. The highest BCUT2D eigenvalue weighted by Gasteiger charge is 2.22. The Morgan fingerprint density at radius 3 is 2.56 bits per heavy atom. The Morgan fingerprint density at radius 2 is 1.72 bits per heavy atom. The second kappa shape index (κ2) is 6.11. The lowest BCUT2D eigenvalue weighted by Crippen LogP contribution is -1.92. The van der Waals surface area contributed by atoms with E-state index < -0.39 is 18.2 Å². The molecule has 25 heavy (non-hydrogen) atoms. The van der Waals surface area contributed by atoms with E-state index in [4.69, 9.17) is 4.52 Å². The minimum Gasteiger partial charge on any atom is -0.391 e. The summed E-state index contributed by atoms with van der Waals surface area (Å²) in [5.74, 6) is -1.21. The molecule has 0 aliphatic carbocycles. The van der Waals surface area contributed by atoms with Crippen molar-refractivity contribution in [1.82, 2.24) is 5.16 Å². The van der Waals surface area contributed by atoms with Crippen LogP contribution in [0.1, 0.15) is 5.56 Å². The van der Waals surface area contributed by atoms with E-state index >= 15 is 0 Å². The van der Waals surface area contributed by atoms with Gasteiger partial charge in [-0.05, 0) is 29.0 Å². The number of aromatic nitrogens is 1. The van der Waals surface area contributed by atoms with E-state index in [-0.39, 0.29) is 11.3 Å². The molecule has 0 spiro atoms. The summed E-state index contributed by atoms with van der Waals surface area (Å²) in [6, 6.07) is 16.5. The Labute approximate surface area is 142 Å². The predicted molar refractivity (Wildman–Crippen MR) is 90.7 cm³/mol. The van der Waals surface area contributed by atoms with E-state index in [1.807, 2.05) is 42.5 Å². The zero-order chi connectivity index (χ0) is 17.4.